The molecular weight excluding hydrogens is 312 g/mol. The molecule has 4 nitrogen and oxygen atoms in total. The van der Waals surface area contributed by atoms with Gasteiger partial charge in [-0.05, 0) is 42.4 Å². The molecule has 0 radical (unpaired) electrons. The minimum Gasteiger partial charge on any atom is -0.259 e. The predicted octanol–water partition coefficient (Wildman–Crippen LogP) is 4.21. The molecular formula is C16H20N4S2. The standard InChI is InChI=1S/C16H20N4S2/c1-16(2,3)9-5-6-10-11(7-9)22-14-12(10)13-19-17-8-20(13)15(18-14)21-4/h8-9H,5-7H2,1-4H3/t9-/m1/s1. The summed E-state index contributed by atoms with van der Waals surface area (Å²) in [6.45, 7) is 7.07. The van der Waals surface area contributed by atoms with E-state index in [0.29, 0.717) is 5.41 Å². The number of aryl methyl sites for hydroxylation is 1. The Morgan fingerprint density at radius 3 is 2.91 bits per heavy atom. The van der Waals surface area contributed by atoms with Crippen molar-refractivity contribution in [1.82, 2.24) is 19.6 Å². The molecule has 0 aliphatic heterocycles. The fourth-order valence-corrected chi connectivity index (χ4v) is 5.31. The Labute approximate surface area is 138 Å². The maximum atomic E-state index is 4.85. The fraction of sp³-hybridized carbons (Fsp3) is 0.562. The van der Waals surface area contributed by atoms with Gasteiger partial charge in [-0.2, -0.15) is 0 Å². The molecule has 0 bridgehead atoms. The number of thiophene rings is 1. The molecule has 0 aromatic carbocycles. The lowest BCUT2D eigenvalue weighted by molar-refractivity contribution is 0.218. The molecule has 0 spiro atoms. The summed E-state index contributed by atoms with van der Waals surface area (Å²) < 4.78 is 2.02. The summed E-state index contributed by atoms with van der Waals surface area (Å²) in [7, 11) is 0. The molecule has 1 atom stereocenters. The van der Waals surface area contributed by atoms with Gasteiger partial charge in [-0.25, -0.2) is 4.98 Å². The Hall–Kier alpha value is -1.14. The first-order chi connectivity index (χ1) is 10.5. The van der Waals surface area contributed by atoms with Gasteiger partial charge in [-0.3, -0.25) is 4.40 Å². The van der Waals surface area contributed by atoms with Gasteiger partial charge in [-0.1, -0.05) is 32.5 Å². The van der Waals surface area contributed by atoms with Crippen LogP contribution in [0.5, 0.6) is 0 Å². The molecule has 0 saturated heterocycles. The molecule has 3 heterocycles. The van der Waals surface area contributed by atoms with Gasteiger partial charge in [0.15, 0.2) is 10.8 Å². The van der Waals surface area contributed by atoms with Crippen LogP contribution in [0.3, 0.4) is 0 Å². The zero-order valence-electron chi connectivity index (χ0n) is 13.4. The van der Waals surface area contributed by atoms with Crippen molar-refractivity contribution in [1.29, 1.82) is 0 Å². The minimum absolute atomic E-state index is 0.371. The molecule has 6 heteroatoms. The van der Waals surface area contributed by atoms with Crippen LogP contribution in [0, 0.1) is 11.3 Å². The Bertz CT molecular complexity index is 856. The largest absolute Gasteiger partial charge is 0.259 e. The number of thioether (sulfide) groups is 1. The number of hydrogen-bond donors (Lipinski definition) is 0. The summed E-state index contributed by atoms with van der Waals surface area (Å²) in [6, 6.07) is 0. The Kier molecular flexibility index (Phi) is 3.24. The fourth-order valence-electron chi connectivity index (χ4n) is 3.45. The van der Waals surface area contributed by atoms with E-state index in [1.54, 1.807) is 18.1 Å². The highest BCUT2D eigenvalue weighted by molar-refractivity contribution is 7.98. The second-order valence-corrected chi connectivity index (χ2v) is 8.97. The predicted molar refractivity (Wildman–Crippen MR) is 92.9 cm³/mol. The molecule has 0 N–H and O–H groups in total. The van der Waals surface area contributed by atoms with Gasteiger partial charge in [0.05, 0.1) is 5.39 Å². The van der Waals surface area contributed by atoms with E-state index in [9.17, 15) is 0 Å². The number of nitrogens with zero attached hydrogens (tertiary/aromatic N) is 4. The van der Waals surface area contributed by atoms with Crippen LogP contribution in [0.1, 0.15) is 37.6 Å². The van der Waals surface area contributed by atoms with Gasteiger partial charge in [-0.15, -0.1) is 21.5 Å². The molecule has 0 saturated carbocycles. The first kappa shape index (κ1) is 14.5. The second-order valence-electron chi connectivity index (χ2n) is 7.11. The van der Waals surface area contributed by atoms with Gasteiger partial charge in [0.1, 0.15) is 11.2 Å². The molecule has 22 heavy (non-hydrogen) atoms. The third-order valence-corrected chi connectivity index (χ3v) is 6.63. The molecule has 1 aliphatic carbocycles. The molecule has 0 amide bonds. The first-order valence-electron chi connectivity index (χ1n) is 7.67. The summed E-state index contributed by atoms with van der Waals surface area (Å²) in [5, 5.41) is 10.7. The van der Waals surface area contributed by atoms with Gasteiger partial charge in [0, 0.05) is 4.88 Å². The van der Waals surface area contributed by atoms with Crippen LogP contribution >= 0.6 is 23.1 Å². The van der Waals surface area contributed by atoms with Crippen LogP contribution in [-0.4, -0.2) is 25.8 Å². The Morgan fingerprint density at radius 1 is 1.36 bits per heavy atom. The van der Waals surface area contributed by atoms with E-state index in [1.807, 2.05) is 15.7 Å². The van der Waals surface area contributed by atoms with E-state index < -0.39 is 0 Å². The highest BCUT2D eigenvalue weighted by Gasteiger charge is 2.31. The average Bonchev–Trinajstić information content (AvgIpc) is 3.07. The lowest BCUT2D eigenvalue weighted by Crippen LogP contribution is -2.26. The topological polar surface area (TPSA) is 43.1 Å². The summed E-state index contributed by atoms with van der Waals surface area (Å²) in [5.41, 5.74) is 2.82. The van der Waals surface area contributed by atoms with Crippen LogP contribution in [0.2, 0.25) is 0 Å². The van der Waals surface area contributed by atoms with Crippen LogP contribution < -0.4 is 0 Å². The third kappa shape index (κ3) is 2.07. The van der Waals surface area contributed by atoms with Gasteiger partial charge >= 0.3 is 0 Å². The lowest BCUT2D eigenvalue weighted by atomic mass is 9.72. The highest BCUT2D eigenvalue weighted by atomic mass is 32.2. The molecule has 1 aliphatic rings. The van der Waals surface area contributed by atoms with E-state index in [1.165, 1.54) is 28.7 Å². The monoisotopic (exact) mass is 332 g/mol. The summed E-state index contributed by atoms with van der Waals surface area (Å²) in [6.07, 6.45) is 7.40. The van der Waals surface area contributed by atoms with Crippen molar-refractivity contribution in [3.8, 4) is 0 Å². The van der Waals surface area contributed by atoms with Crippen molar-refractivity contribution in [2.24, 2.45) is 11.3 Å². The van der Waals surface area contributed by atoms with Crippen molar-refractivity contribution in [3.63, 3.8) is 0 Å². The van der Waals surface area contributed by atoms with E-state index in [-0.39, 0.29) is 0 Å². The molecule has 0 fully saturated rings. The van der Waals surface area contributed by atoms with E-state index in [4.69, 9.17) is 4.98 Å². The van der Waals surface area contributed by atoms with Crippen molar-refractivity contribution >= 4 is 39.0 Å². The summed E-state index contributed by atoms with van der Waals surface area (Å²) in [5.74, 6) is 0.752. The third-order valence-electron chi connectivity index (χ3n) is 4.83. The van der Waals surface area contributed by atoms with Gasteiger partial charge in [0.25, 0.3) is 0 Å². The molecule has 0 unspecified atom stereocenters. The Balaban J connectivity index is 1.93. The SMILES string of the molecule is CSc1nc2sc3c(c2c2nncn12)CC[C@@H](C(C)(C)C)C3. The minimum atomic E-state index is 0.371. The molecule has 4 rings (SSSR count). The van der Waals surface area contributed by atoms with Crippen molar-refractivity contribution in [3.05, 3.63) is 16.8 Å². The lowest BCUT2D eigenvalue weighted by Gasteiger charge is -2.33. The van der Waals surface area contributed by atoms with Crippen molar-refractivity contribution in [2.75, 3.05) is 6.26 Å². The normalized spacial score (nSPS) is 19.0. The first-order valence-corrected chi connectivity index (χ1v) is 9.71. The maximum absolute atomic E-state index is 4.85. The molecule has 116 valence electrons. The van der Waals surface area contributed by atoms with Crippen LogP contribution in [0.25, 0.3) is 15.9 Å². The van der Waals surface area contributed by atoms with E-state index in [2.05, 4.69) is 37.2 Å². The zero-order chi connectivity index (χ0) is 15.5. The van der Waals surface area contributed by atoms with Crippen LogP contribution in [0.15, 0.2) is 11.5 Å². The zero-order valence-corrected chi connectivity index (χ0v) is 15.0. The summed E-state index contributed by atoms with van der Waals surface area (Å²) in [4.78, 5) is 7.49. The second kappa shape index (κ2) is 4.93. The quantitative estimate of drug-likeness (QED) is 0.494. The molecule has 3 aromatic rings. The van der Waals surface area contributed by atoms with Crippen molar-refractivity contribution in [2.45, 2.75) is 45.2 Å². The Morgan fingerprint density at radius 2 is 2.18 bits per heavy atom. The number of rotatable bonds is 1. The number of hydrogen-bond acceptors (Lipinski definition) is 5. The van der Waals surface area contributed by atoms with Gasteiger partial charge in [0.2, 0.25) is 0 Å². The molecule has 3 aromatic heterocycles. The highest BCUT2D eigenvalue weighted by Crippen LogP contribution is 2.44. The van der Waals surface area contributed by atoms with Crippen LogP contribution in [-0.2, 0) is 12.8 Å². The van der Waals surface area contributed by atoms with Gasteiger partial charge < -0.3 is 0 Å². The van der Waals surface area contributed by atoms with E-state index >= 15 is 0 Å². The van der Waals surface area contributed by atoms with Crippen LogP contribution in [0.4, 0.5) is 0 Å². The smallest absolute Gasteiger partial charge is 0.176 e. The van der Waals surface area contributed by atoms with Crippen molar-refractivity contribution < 1.29 is 0 Å². The summed E-state index contributed by atoms with van der Waals surface area (Å²) >= 11 is 3.51. The average molecular weight is 332 g/mol. The van der Waals surface area contributed by atoms with E-state index in [0.717, 1.165) is 28.0 Å². The number of fused-ring (bicyclic) bond motifs is 5. The number of aromatic nitrogens is 4. The maximum Gasteiger partial charge on any atom is 0.176 e.